The van der Waals surface area contributed by atoms with Crippen LogP contribution in [0.4, 0.5) is 4.39 Å². The molecule has 28 heavy (non-hydrogen) atoms. The summed E-state index contributed by atoms with van der Waals surface area (Å²) in [6.07, 6.45) is 1.69. The van der Waals surface area contributed by atoms with E-state index in [2.05, 4.69) is 0 Å². The lowest BCUT2D eigenvalue weighted by Gasteiger charge is -2.14. The molecule has 0 unspecified atom stereocenters. The second kappa shape index (κ2) is 8.16. The molecule has 2 aromatic carbocycles. The fourth-order valence-corrected chi connectivity index (χ4v) is 3.20. The lowest BCUT2D eigenvalue weighted by Crippen LogP contribution is -2.26. The minimum absolute atomic E-state index is 0.195. The number of ether oxygens (including phenoxy) is 2. The van der Waals surface area contributed by atoms with Gasteiger partial charge in [0.2, 0.25) is 0 Å². The molecule has 0 atom stereocenters. The van der Waals surface area contributed by atoms with Crippen molar-refractivity contribution >= 4 is 40.9 Å². The van der Waals surface area contributed by atoms with E-state index in [0.717, 1.165) is 5.56 Å². The van der Waals surface area contributed by atoms with Crippen LogP contribution >= 0.6 is 23.8 Å². The van der Waals surface area contributed by atoms with Gasteiger partial charge in [0.1, 0.15) is 18.1 Å². The van der Waals surface area contributed by atoms with Crippen LogP contribution in [0.15, 0.2) is 42.1 Å². The Hall–Kier alpha value is -2.64. The first-order valence-corrected chi connectivity index (χ1v) is 9.12. The molecule has 5 nitrogen and oxygen atoms in total. The molecular weight excluding hydrogens is 403 g/mol. The van der Waals surface area contributed by atoms with Crippen LogP contribution in [0, 0.1) is 5.82 Å². The summed E-state index contributed by atoms with van der Waals surface area (Å²) in [7, 11) is 4.86. The molecule has 0 N–H and O–H groups in total. The number of rotatable bonds is 5. The van der Waals surface area contributed by atoms with Crippen LogP contribution in [-0.4, -0.2) is 42.0 Å². The van der Waals surface area contributed by atoms with Gasteiger partial charge in [-0.1, -0.05) is 23.7 Å². The van der Waals surface area contributed by atoms with Crippen LogP contribution in [0.1, 0.15) is 11.1 Å². The monoisotopic (exact) mass is 420 g/mol. The van der Waals surface area contributed by atoms with Crippen molar-refractivity contribution < 1.29 is 18.7 Å². The number of thiocarbonyl (C=S) groups is 1. The number of halogens is 2. The fraction of sp³-hybridized carbons (Fsp3) is 0.200. The van der Waals surface area contributed by atoms with Crippen molar-refractivity contribution in [3.05, 3.63) is 64.1 Å². The van der Waals surface area contributed by atoms with Crippen molar-refractivity contribution in [3.63, 3.8) is 0 Å². The number of hydrogen-bond acceptors (Lipinski definition) is 4. The van der Waals surface area contributed by atoms with Crippen molar-refractivity contribution in [1.29, 1.82) is 0 Å². The standard InChI is InChI=1S/C20H18ClFN2O3S/c1-23-16(19(25)24(2)20(23)28)9-13-8-15(21)18(17(10-13)26-3)27-11-12-4-6-14(22)7-5-12/h4-10H,11H2,1-3H3. The van der Waals surface area contributed by atoms with Gasteiger partial charge in [0.05, 0.1) is 12.1 Å². The maximum absolute atomic E-state index is 13.0. The molecule has 0 saturated carbocycles. The van der Waals surface area contributed by atoms with E-state index >= 15 is 0 Å². The molecule has 8 heteroatoms. The van der Waals surface area contributed by atoms with Gasteiger partial charge in [0.25, 0.3) is 5.91 Å². The van der Waals surface area contributed by atoms with Gasteiger partial charge < -0.3 is 14.4 Å². The van der Waals surface area contributed by atoms with Gasteiger partial charge in [-0.05, 0) is 53.7 Å². The van der Waals surface area contributed by atoms with Gasteiger partial charge in [0, 0.05) is 14.1 Å². The molecule has 1 aliphatic heterocycles. The first-order valence-electron chi connectivity index (χ1n) is 8.34. The van der Waals surface area contributed by atoms with Crippen LogP contribution in [0.2, 0.25) is 5.02 Å². The topological polar surface area (TPSA) is 42.0 Å². The highest BCUT2D eigenvalue weighted by Crippen LogP contribution is 2.38. The van der Waals surface area contributed by atoms with E-state index in [1.165, 1.54) is 24.1 Å². The highest BCUT2D eigenvalue weighted by Gasteiger charge is 2.32. The zero-order valence-electron chi connectivity index (χ0n) is 15.5. The molecule has 1 aliphatic rings. The third-order valence-corrected chi connectivity index (χ3v) is 5.14. The maximum atomic E-state index is 13.0. The number of carbonyl (C=O) groups is 1. The van der Waals surface area contributed by atoms with Crippen LogP contribution in [0.25, 0.3) is 6.08 Å². The highest BCUT2D eigenvalue weighted by molar-refractivity contribution is 7.80. The summed E-state index contributed by atoms with van der Waals surface area (Å²) < 4.78 is 24.2. The third-order valence-electron chi connectivity index (χ3n) is 4.31. The highest BCUT2D eigenvalue weighted by atomic mass is 35.5. The Morgan fingerprint density at radius 1 is 1.18 bits per heavy atom. The van der Waals surface area contributed by atoms with E-state index < -0.39 is 0 Å². The second-order valence-corrected chi connectivity index (χ2v) is 6.96. The second-order valence-electron chi connectivity index (χ2n) is 6.18. The Morgan fingerprint density at radius 2 is 1.86 bits per heavy atom. The molecule has 1 amide bonds. The number of carbonyl (C=O) groups excluding carboxylic acids is 1. The van der Waals surface area contributed by atoms with Crippen molar-refractivity contribution in [3.8, 4) is 11.5 Å². The molecule has 0 spiro atoms. The summed E-state index contributed by atoms with van der Waals surface area (Å²) in [5, 5.41) is 0.755. The predicted octanol–water partition coefficient (Wildman–Crippen LogP) is 4.10. The zero-order valence-corrected chi connectivity index (χ0v) is 17.1. The Labute approximate surface area is 172 Å². The summed E-state index contributed by atoms with van der Waals surface area (Å²) in [5.41, 5.74) is 1.90. The minimum atomic E-state index is -0.312. The van der Waals surface area contributed by atoms with Crippen molar-refractivity contribution in [2.24, 2.45) is 0 Å². The van der Waals surface area contributed by atoms with Crippen LogP contribution in [-0.2, 0) is 11.4 Å². The third kappa shape index (κ3) is 3.95. The molecular formula is C20H18ClFN2O3S. The van der Waals surface area contributed by atoms with Crippen molar-refractivity contribution in [1.82, 2.24) is 9.80 Å². The molecule has 3 rings (SSSR count). The lowest BCUT2D eigenvalue weighted by atomic mass is 10.1. The Balaban J connectivity index is 1.87. The molecule has 0 aliphatic carbocycles. The van der Waals surface area contributed by atoms with Gasteiger partial charge in [-0.2, -0.15) is 0 Å². The minimum Gasteiger partial charge on any atom is -0.493 e. The van der Waals surface area contributed by atoms with E-state index in [0.29, 0.717) is 32.9 Å². The Kier molecular flexibility index (Phi) is 5.86. The maximum Gasteiger partial charge on any atom is 0.276 e. The summed E-state index contributed by atoms with van der Waals surface area (Å²) in [6, 6.07) is 9.40. The summed E-state index contributed by atoms with van der Waals surface area (Å²) >= 11 is 11.6. The van der Waals surface area contributed by atoms with Gasteiger partial charge in [-0.15, -0.1) is 0 Å². The van der Waals surface area contributed by atoms with Crippen LogP contribution in [0.3, 0.4) is 0 Å². The lowest BCUT2D eigenvalue weighted by molar-refractivity contribution is -0.121. The normalized spacial score (nSPS) is 15.5. The van der Waals surface area contributed by atoms with Gasteiger partial charge >= 0.3 is 0 Å². The Morgan fingerprint density at radius 3 is 2.43 bits per heavy atom. The zero-order chi connectivity index (χ0) is 20.4. The smallest absolute Gasteiger partial charge is 0.276 e. The quantitative estimate of drug-likeness (QED) is 0.538. The average Bonchev–Trinajstić information content (AvgIpc) is 2.86. The average molecular weight is 421 g/mol. The summed E-state index contributed by atoms with van der Waals surface area (Å²) in [4.78, 5) is 15.4. The number of likely N-dealkylation sites (N-methyl/N-ethyl adjacent to an activating group) is 2. The largest absolute Gasteiger partial charge is 0.493 e. The van der Waals surface area contributed by atoms with Gasteiger partial charge in [0.15, 0.2) is 16.6 Å². The summed E-state index contributed by atoms with van der Waals surface area (Å²) in [6.45, 7) is 0.205. The van der Waals surface area contributed by atoms with E-state index in [1.807, 2.05) is 0 Å². The number of methoxy groups -OCH3 is 1. The Bertz CT molecular complexity index is 963. The molecule has 1 fully saturated rings. The van der Waals surface area contributed by atoms with Crippen molar-refractivity contribution in [2.45, 2.75) is 6.61 Å². The molecule has 0 aromatic heterocycles. The van der Waals surface area contributed by atoms with E-state index in [9.17, 15) is 9.18 Å². The number of benzene rings is 2. The molecule has 0 radical (unpaired) electrons. The molecule has 2 aromatic rings. The number of amides is 1. The molecule has 1 heterocycles. The first-order chi connectivity index (χ1) is 13.3. The van der Waals surface area contributed by atoms with E-state index in [4.69, 9.17) is 33.3 Å². The van der Waals surface area contributed by atoms with Crippen LogP contribution in [0.5, 0.6) is 11.5 Å². The van der Waals surface area contributed by atoms with Crippen LogP contribution < -0.4 is 9.47 Å². The number of hydrogen-bond donors (Lipinski definition) is 0. The number of nitrogens with zero attached hydrogens (tertiary/aromatic N) is 2. The first kappa shape index (κ1) is 20.1. The van der Waals surface area contributed by atoms with Crippen molar-refractivity contribution in [2.75, 3.05) is 21.2 Å². The molecule has 146 valence electrons. The SMILES string of the molecule is COc1cc(C=C2C(=O)N(C)C(=S)N2C)cc(Cl)c1OCc1ccc(F)cc1. The van der Waals surface area contributed by atoms with Gasteiger partial charge in [-0.25, -0.2) is 4.39 Å². The van der Waals surface area contributed by atoms with Gasteiger partial charge in [-0.3, -0.25) is 9.69 Å². The fourth-order valence-electron chi connectivity index (χ4n) is 2.75. The summed E-state index contributed by atoms with van der Waals surface area (Å²) in [5.74, 6) is 0.285. The molecule has 0 bridgehead atoms. The molecule has 1 saturated heterocycles. The predicted molar refractivity (Wildman–Crippen MR) is 110 cm³/mol. The van der Waals surface area contributed by atoms with E-state index in [-0.39, 0.29) is 18.3 Å². The van der Waals surface area contributed by atoms with E-state index in [1.54, 1.807) is 49.3 Å².